The first kappa shape index (κ1) is 13.6. The number of carbonyl (C=O) groups is 1. The van der Waals surface area contributed by atoms with Gasteiger partial charge in [0.1, 0.15) is 0 Å². The van der Waals surface area contributed by atoms with Crippen molar-refractivity contribution in [3.63, 3.8) is 0 Å². The molecule has 0 saturated carbocycles. The minimum Gasteiger partial charge on any atom is -0.666 e. The van der Waals surface area contributed by atoms with Crippen LogP contribution in [0.15, 0.2) is 0 Å². The van der Waals surface area contributed by atoms with Crippen LogP contribution < -0.4 is 30.3 Å². The molecule has 0 aliphatic rings. The number of nitrogens with two attached hydrogens (primary N) is 2. The minimum absolute atomic E-state index is 0. The van der Waals surface area contributed by atoms with Crippen LogP contribution in [0.25, 0.3) is 5.73 Å². The zero-order valence-electron chi connectivity index (χ0n) is 6.97. The Morgan fingerprint density at radius 2 is 2.00 bits per heavy atom. The van der Waals surface area contributed by atoms with Gasteiger partial charge in [-0.25, -0.2) is 0 Å². The smallest absolute Gasteiger partial charge is 0.666 e. The van der Waals surface area contributed by atoms with Crippen molar-refractivity contribution in [1.29, 1.82) is 0 Å². The van der Waals surface area contributed by atoms with Gasteiger partial charge in [-0.3, -0.25) is 0 Å². The van der Waals surface area contributed by atoms with Crippen molar-refractivity contribution in [1.82, 2.24) is 0 Å². The summed E-state index contributed by atoms with van der Waals surface area (Å²) < 4.78 is 0. The maximum absolute atomic E-state index is 10.2. The molecule has 0 heterocycles. The van der Waals surface area contributed by atoms with Crippen LogP contribution >= 0.6 is 0 Å². The summed E-state index contributed by atoms with van der Waals surface area (Å²) in [6, 6.07) is -0.605. The summed E-state index contributed by atoms with van der Waals surface area (Å²) in [6.45, 7) is 0.624. The average Bonchev–Trinajstić information content (AvgIpc) is 1.88. The van der Waals surface area contributed by atoms with Crippen LogP contribution in [-0.4, -0.2) is 18.5 Å². The van der Waals surface area contributed by atoms with Crippen molar-refractivity contribution in [3.05, 3.63) is 5.73 Å². The maximum atomic E-state index is 10.2. The molecule has 0 spiro atoms. The molecule has 0 saturated heterocycles. The Labute approximate surface area is 79.0 Å². The van der Waals surface area contributed by atoms with Gasteiger partial charge in [0.05, 0.1) is 5.91 Å². The summed E-state index contributed by atoms with van der Waals surface area (Å²) in [6.07, 6.45) is 2.29. The van der Waals surface area contributed by atoms with Gasteiger partial charge in [0.15, 0.2) is 0 Å². The van der Waals surface area contributed by atoms with E-state index < -0.39 is 11.9 Å². The van der Waals surface area contributed by atoms with Gasteiger partial charge in [-0.2, -0.15) is 0 Å². The second-order valence-corrected chi connectivity index (χ2v) is 2.26. The number of unbranched alkanes of at least 4 members (excludes halogenated alkanes) is 1. The van der Waals surface area contributed by atoms with E-state index in [2.05, 4.69) is 0 Å². The first-order chi connectivity index (χ1) is 4.68. The summed E-state index contributed by atoms with van der Waals surface area (Å²) in [7, 11) is 0. The Balaban J connectivity index is 0. The number of hydrogen-bond donors (Lipinski definition) is 2. The largest absolute Gasteiger partial charge is 1.00 e. The molecule has 0 aliphatic carbocycles. The van der Waals surface area contributed by atoms with Crippen LogP contribution in [0.3, 0.4) is 0 Å². The van der Waals surface area contributed by atoms with E-state index in [9.17, 15) is 4.79 Å². The van der Waals surface area contributed by atoms with Gasteiger partial charge in [-0.1, -0.05) is 6.42 Å². The van der Waals surface area contributed by atoms with E-state index in [1.165, 1.54) is 0 Å². The van der Waals surface area contributed by atoms with Crippen LogP contribution in [0.4, 0.5) is 0 Å². The standard InChI is InChI=1S/C6H15N3O.Li/c7-4-2-1-3-5(8)6(9)10;/h5H,1-4,7-8H2,(H2,9,10);/q;+1/p-1/t5-;/m0./s1. The molecular weight excluding hydrogens is 137 g/mol. The Morgan fingerprint density at radius 1 is 1.45 bits per heavy atom. The van der Waals surface area contributed by atoms with E-state index in [-0.39, 0.29) is 18.9 Å². The van der Waals surface area contributed by atoms with Crippen LogP contribution in [0.1, 0.15) is 19.3 Å². The molecule has 0 radical (unpaired) electrons. The summed E-state index contributed by atoms with van der Waals surface area (Å²) >= 11 is 0. The van der Waals surface area contributed by atoms with E-state index in [4.69, 9.17) is 17.2 Å². The van der Waals surface area contributed by atoms with Crippen molar-refractivity contribution in [2.45, 2.75) is 25.3 Å². The summed E-state index contributed by atoms with van der Waals surface area (Å²) in [5, 5.41) is 0. The predicted octanol–water partition coefficient (Wildman–Crippen LogP) is -2.97. The fourth-order valence-electron chi connectivity index (χ4n) is 0.640. The zero-order chi connectivity index (χ0) is 7.98. The van der Waals surface area contributed by atoms with Gasteiger partial charge in [0.2, 0.25) is 0 Å². The summed E-state index contributed by atoms with van der Waals surface area (Å²) in [4.78, 5) is 10.2. The van der Waals surface area contributed by atoms with Crippen LogP contribution in [0.5, 0.6) is 0 Å². The van der Waals surface area contributed by atoms with E-state index in [0.29, 0.717) is 13.0 Å². The second kappa shape index (κ2) is 8.09. The SMILES string of the molecule is [Li+].[NH-]C(=O)[C@@H](N)CCCCN. The molecule has 0 aliphatic heterocycles. The van der Waals surface area contributed by atoms with Crippen molar-refractivity contribution >= 4 is 5.91 Å². The normalized spacial score (nSPS) is 11.8. The maximum Gasteiger partial charge on any atom is 1.00 e. The molecule has 60 valence electrons. The Bertz CT molecular complexity index is 110. The molecule has 0 aromatic heterocycles. The van der Waals surface area contributed by atoms with Gasteiger partial charge >= 0.3 is 18.9 Å². The van der Waals surface area contributed by atoms with E-state index in [1.54, 1.807) is 0 Å². The minimum atomic E-state index is -0.683. The van der Waals surface area contributed by atoms with Gasteiger partial charge < -0.3 is 22.0 Å². The molecule has 4 nitrogen and oxygen atoms in total. The number of rotatable bonds is 5. The Morgan fingerprint density at radius 3 is 2.36 bits per heavy atom. The van der Waals surface area contributed by atoms with Crippen molar-refractivity contribution in [2.75, 3.05) is 6.54 Å². The summed E-state index contributed by atoms with van der Waals surface area (Å²) in [5.41, 5.74) is 17.1. The van der Waals surface area contributed by atoms with Gasteiger partial charge in [-0.05, 0) is 19.4 Å². The van der Waals surface area contributed by atoms with E-state index >= 15 is 0 Å². The first-order valence-corrected chi connectivity index (χ1v) is 3.39. The first-order valence-electron chi connectivity index (χ1n) is 3.39. The van der Waals surface area contributed by atoms with E-state index in [0.717, 1.165) is 12.8 Å². The number of amides is 1. The fraction of sp³-hybridized carbons (Fsp3) is 0.833. The fourth-order valence-corrected chi connectivity index (χ4v) is 0.640. The topological polar surface area (TPSA) is 92.9 Å². The molecule has 0 bridgehead atoms. The van der Waals surface area contributed by atoms with Gasteiger partial charge in [0, 0.05) is 6.04 Å². The number of carbonyl (C=O) groups excluding carboxylic acids is 1. The molecule has 5 N–H and O–H groups in total. The molecular formula is C6H14LiN3O. The zero-order valence-corrected chi connectivity index (χ0v) is 6.97. The number of hydrogen-bond acceptors (Lipinski definition) is 3. The van der Waals surface area contributed by atoms with Crippen LogP contribution in [0.2, 0.25) is 0 Å². The number of nitrogens with one attached hydrogen (secondary N) is 1. The molecule has 1 atom stereocenters. The molecule has 11 heavy (non-hydrogen) atoms. The molecule has 0 rings (SSSR count). The molecule has 0 aromatic carbocycles. The molecule has 1 amide bonds. The molecule has 0 fully saturated rings. The van der Waals surface area contributed by atoms with E-state index in [1.807, 2.05) is 0 Å². The Hall–Kier alpha value is -0.0126. The third-order valence-electron chi connectivity index (χ3n) is 1.31. The van der Waals surface area contributed by atoms with Crippen LogP contribution in [-0.2, 0) is 4.79 Å². The quantitative estimate of drug-likeness (QED) is 0.324. The third-order valence-corrected chi connectivity index (χ3v) is 1.31. The van der Waals surface area contributed by atoms with Crippen molar-refractivity contribution < 1.29 is 23.7 Å². The third kappa shape index (κ3) is 7.89. The molecule has 0 unspecified atom stereocenters. The van der Waals surface area contributed by atoms with Crippen molar-refractivity contribution in [2.24, 2.45) is 11.5 Å². The Kier molecular flexibility index (Phi) is 9.98. The molecule has 0 aromatic rings. The predicted molar refractivity (Wildman–Crippen MR) is 40.2 cm³/mol. The van der Waals surface area contributed by atoms with Gasteiger partial charge in [-0.15, -0.1) is 0 Å². The molecule has 5 heteroatoms. The monoisotopic (exact) mass is 151 g/mol. The summed E-state index contributed by atoms with van der Waals surface area (Å²) in [5.74, 6) is -0.683. The van der Waals surface area contributed by atoms with Gasteiger partial charge in [0.25, 0.3) is 0 Å². The average molecular weight is 151 g/mol. The van der Waals surface area contributed by atoms with Crippen LogP contribution in [0, 0.1) is 0 Å². The van der Waals surface area contributed by atoms with Crippen molar-refractivity contribution in [3.8, 4) is 0 Å². The second-order valence-electron chi connectivity index (χ2n) is 2.26.